The number of nitrogens with one attached hydrogen (secondary N) is 2. The predicted octanol–water partition coefficient (Wildman–Crippen LogP) is 2.95. The molecule has 0 bridgehead atoms. The number of hydrogen-bond donors (Lipinski definition) is 2. The van der Waals surface area contributed by atoms with Crippen LogP contribution in [0.4, 0.5) is 4.39 Å². The minimum atomic E-state index is -0.243. The van der Waals surface area contributed by atoms with Gasteiger partial charge in [0.15, 0.2) is 5.96 Å². The quantitative estimate of drug-likeness (QED) is 0.520. The summed E-state index contributed by atoms with van der Waals surface area (Å²) in [5.74, 6) is 0.286. The van der Waals surface area contributed by atoms with Crippen molar-refractivity contribution >= 4 is 27.8 Å². The van der Waals surface area contributed by atoms with E-state index in [4.69, 9.17) is 0 Å². The molecular formula is C20H24BrFN4O. The molecule has 27 heavy (non-hydrogen) atoms. The van der Waals surface area contributed by atoms with Gasteiger partial charge in [0, 0.05) is 25.1 Å². The zero-order valence-corrected chi connectivity index (χ0v) is 17.1. The number of nitrogens with zero attached hydrogens (tertiary/aromatic N) is 2. The zero-order chi connectivity index (χ0) is 19.6. The fourth-order valence-electron chi connectivity index (χ4n) is 2.23. The lowest BCUT2D eigenvalue weighted by atomic mass is 10.1. The third-order valence-corrected chi connectivity index (χ3v) is 4.39. The van der Waals surface area contributed by atoms with Crippen molar-refractivity contribution in [3.05, 3.63) is 69.9 Å². The molecule has 7 heteroatoms. The summed E-state index contributed by atoms with van der Waals surface area (Å²) in [5.41, 5.74) is 2.09. The van der Waals surface area contributed by atoms with Crippen LogP contribution in [0.3, 0.4) is 0 Å². The number of guanidine groups is 1. The molecule has 0 aliphatic carbocycles. The van der Waals surface area contributed by atoms with E-state index < -0.39 is 0 Å². The minimum Gasteiger partial charge on any atom is -0.356 e. The van der Waals surface area contributed by atoms with Crippen LogP contribution in [0.5, 0.6) is 0 Å². The molecule has 0 unspecified atom stereocenters. The number of carbonyl (C=O) groups is 1. The number of carbonyl (C=O) groups excluding carboxylic acids is 1. The number of aliphatic imine (C=N–C) groups is 1. The Morgan fingerprint density at radius 1 is 1.04 bits per heavy atom. The van der Waals surface area contributed by atoms with Crippen molar-refractivity contribution in [2.75, 3.05) is 27.2 Å². The van der Waals surface area contributed by atoms with Gasteiger partial charge in [0.2, 0.25) is 5.91 Å². The SMILES string of the molecule is CN(C)C(=O)CNC(=NCc1ccc(Br)cc1)NCCc1ccc(F)cc1. The first kappa shape index (κ1) is 20.9. The molecule has 0 fully saturated rings. The Morgan fingerprint density at radius 2 is 1.67 bits per heavy atom. The van der Waals surface area contributed by atoms with Crippen LogP contribution >= 0.6 is 15.9 Å². The number of amides is 1. The van der Waals surface area contributed by atoms with E-state index in [2.05, 4.69) is 31.6 Å². The van der Waals surface area contributed by atoms with Gasteiger partial charge < -0.3 is 15.5 Å². The van der Waals surface area contributed by atoms with Gasteiger partial charge in [0.25, 0.3) is 0 Å². The molecule has 0 heterocycles. The molecule has 5 nitrogen and oxygen atoms in total. The molecule has 0 radical (unpaired) electrons. The summed E-state index contributed by atoms with van der Waals surface area (Å²) < 4.78 is 14.0. The minimum absolute atomic E-state index is 0.0355. The fourth-order valence-corrected chi connectivity index (χ4v) is 2.49. The third-order valence-electron chi connectivity index (χ3n) is 3.86. The van der Waals surface area contributed by atoms with Crippen LogP contribution in [0.1, 0.15) is 11.1 Å². The fraction of sp³-hybridized carbons (Fsp3) is 0.300. The van der Waals surface area contributed by atoms with Crippen LogP contribution < -0.4 is 10.6 Å². The lowest BCUT2D eigenvalue weighted by Gasteiger charge is -2.15. The molecule has 1 amide bonds. The normalized spacial score (nSPS) is 11.2. The molecule has 0 spiro atoms. The highest BCUT2D eigenvalue weighted by Crippen LogP contribution is 2.11. The average molecular weight is 435 g/mol. The van der Waals surface area contributed by atoms with E-state index in [-0.39, 0.29) is 18.3 Å². The summed E-state index contributed by atoms with van der Waals surface area (Å²) in [6.45, 7) is 1.28. The first-order valence-electron chi connectivity index (χ1n) is 8.65. The van der Waals surface area contributed by atoms with Gasteiger partial charge in [-0.05, 0) is 41.8 Å². The van der Waals surface area contributed by atoms with Gasteiger partial charge in [-0.3, -0.25) is 4.79 Å². The van der Waals surface area contributed by atoms with Crippen LogP contribution in [0.15, 0.2) is 58.0 Å². The first-order valence-corrected chi connectivity index (χ1v) is 9.44. The number of likely N-dealkylation sites (N-methyl/N-ethyl adjacent to an activating group) is 1. The zero-order valence-electron chi connectivity index (χ0n) is 15.5. The van der Waals surface area contributed by atoms with Crippen LogP contribution in [-0.2, 0) is 17.8 Å². The standard InChI is InChI=1S/C20H24BrFN4O/c1-26(2)19(27)14-25-20(24-13-16-3-7-17(21)8-4-16)23-12-11-15-5-9-18(22)10-6-15/h3-10H,11-14H2,1-2H3,(H2,23,24,25). The largest absolute Gasteiger partial charge is 0.356 e. The number of halogens is 2. The lowest BCUT2D eigenvalue weighted by Crippen LogP contribution is -2.43. The molecule has 144 valence electrons. The maximum atomic E-state index is 13.0. The Kier molecular flexibility index (Phi) is 8.26. The van der Waals surface area contributed by atoms with Crippen molar-refractivity contribution in [1.29, 1.82) is 0 Å². The van der Waals surface area contributed by atoms with Gasteiger partial charge in [-0.25, -0.2) is 9.38 Å². The average Bonchev–Trinajstić information content (AvgIpc) is 2.66. The van der Waals surface area contributed by atoms with Crippen molar-refractivity contribution in [3.8, 4) is 0 Å². The van der Waals surface area contributed by atoms with Crippen LogP contribution in [0.2, 0.25) is 0 Å². The summed E-state index contributed by atoms with van der Waals surface area (Å²) in [7, 11) is 3.43. The van der Waals surface area contributed by atoms with Gasteiger partial charge in [-0.2, -0.15) is 0 Å². The second-order valence-corrected chi connectivity index (χ2v) is 7.15. The number of benzene rings is 2. The van der Waals surface area contributed by atoms with E-state index in [1.807, 2.05) is 24.3 Å². The maximum Gasteiger partial charge on any atom is 0.241 e. The van der Waals surface area contributed by atoms with E-state index >= 15 is 0 Å². The van der Waals surface area contributed by atoms with Gasteiger partial charge in [-0.1, -0.05) is 40.2 Å². The molecule has 0 atom stereocenters. The Hall–Kier alpha value is -2.41. The second kappa shape index (κ2) is 10.7. The monoisotopic (exact) mass is 434 g/mol. The molecule has 2 rings (SSSR count). The molecule has 0 aromatic heterocycles. The van der Waals surface area contributed by atoms with E-state index in [9.17, 15) is 9.18 Å². The van der Waals surface area contributed by atoms with E-state index in [0.29, 0.717) is 19.0 Å². The van der Waals surface area contributed by atoms with Crippen molar-refractivity contribution in [2.24, 2.45) is 4.99 Å². The third kappa shape index (κ3) is 7.78. The van der Waals surface area contributed by atoms with Gasteiger partial charge in [-0.15, -0.1) is 0 Å². The predicted molar refractivity (Wildman–Crippen MR) is 110 cm³/mol. The number of hydrogen-bond acceptors (Lipinski definition) is 2. The smallest absolute Gasteiger partial charge is 0.241 e. The molecule has 2 aromatic rings. The summed E-state index contributed by atoms with van der Waals surface area (Å²) in [4.78, 5) is 17.9. The Labute approximate surface area is 167 Å². The summed E-state index contributed by atoms with van der Waals surface area (Å²) >= 11 is 3.41. The van der Waals surface area contributed by atoms with Crippen LogP contribution in [0, 0.1) is 5.82 Å². The molecule has 0 saturated carbocycles. The topological polar surface area (TPSA) is 56.7 Å². The van der Waals surface area contributed by atoms with E-state index in [1.54, 1.807) is 26.2 Å². The van der Waals surface area contributed by atoms with Crippen LogP contribution in [-0.4, -0.2) is 44.0 Å². The number of rotatable bonds is 7. The molecular weight excluding hydrogens is 411 g/mol. The highest BCUT2D eigenvalue weighted by atomic mass is 79.9. The van der Waals surface area contributed by atoms with Gasteiger partial charge >= 0.3 is 0 Å². The van der Waals surface area contributed by atoms with Crippen molar-refractivity contribution < 1.29 is 9.18 Å². The Balaban J connectivity index is 1.94. The van der Waals surface area contributed by atoms with Crippen molar-refractivity contribution in [3.63, 3.8) is 0 Å². The van der Waals surface area contributed by atoms with Gasteiger partial charge in [0.05, 0.1) is 13.1 Å². The summed E-state index contributed by atoms with van der Waals surface area (Å²) in [6, 6.07) is 14.4. The van der Waals surface area contributed by atoms with E-state index in [0.717, 1.165) is 22.0 Å². The van der Waals surface area contributed by atoms with E-state index in [1.165, 1.54) is 17.0 Å². The molecule has 2 N–H and O–H groups in total. The summed E-state index contributed by atoms with van der Waals surface area (Å²) in [6.07, 6.45) is 0.723. The summed E-state index contributed by atoms with van der Waals surface area (Å²) in [5, 5.41) is 6.28. The first-order chi connectivity index (χ1) is 12.9. The molecule has 0 saturated heterocycles. The lowest BCUT2D eigenvalue weighted by molar-refractivity contribution is -0.127. The van der Waals surface area contributed by atoms with Crippen molar-refractivity contribution in [2.45, 2.75) is 13.0 Å². The Morgan fingerprint density at radius 3 is 2.30 bits per heavy atom. The van der Waals surface area contributed by atoms with Crippen molar-refractivity contribution in [1.82, 2.24) is 15.5 Å². The van der Waals surface area contributed by atoms with Crippen LogP contribution in [0.25, 0.3) is 0 Å². The Bertz CT molecular complexity index is 761. The second-order valence-electron chi connectivity index (χ2n) is 6.24. The highest BCUT2D eigenvalue weighted by Gasteiger charge is 2.06. The molecule has 0 aliphatic rings. The molecule has 2 aromatic carbocycles. The molecule has 0 aliphatic heterocycles. The maximum absolute atomic E-state index is 13.0. The highest BCUT2D eigenvalue weighted by molar-refractivity contribution is 9.10. The van der Waals surface area contributed by atoms with Gasteiger partial charge in [0.1, 0.15) is 5.82 Å².